The van der Waals surface area contributed by atoms with Crippen LogP contribution in [0.1, 0.15) is 55.7 Å². The van der Waals surface area contributed by atoms with E-state index in [0.29, 0.717) is 6.42 Å². The van der Waals surface area contributed by atoms with Crippen LogP contribution in [-0.4, -0.2) is 0 Å². The van der Waals surface area contributed by atoms with Crippen LogP contribution in [0.15, 0.2) is 18.2 Å². The van der Waals surface area contributed by atoms with Crippen molar-refractivity contribution in [2.45, 2.75) is 39.0 Å². The van der Waals surface area contributed by atoms with Gasteiger partial charge in [0.15, 0.2) is 0 Å². The Morgan fingerprint density at radius 2 is 1.44 bits per heavy atom. The molecule has 0 heterocycles. The van der Waals surface area contributed by atoms with Crippen LogP contribution in [0.4, 0.5) is 17.6 Å². The van der Waals surface area contributed by atoms with Gasteiger partial charge in [-0.3, -0.25) is 0 Å². The molecule has 0 radical (unpaired) electrons. The predicted molar refractivity (Wildman–Crippen MR) is 55.1 cm³/mol. The van der Waals surface area contributed by atoms with Gasteiger partial charge in [0.1, 0.15) is 0 Å². The summed E-state index contributed by atoms with van der Waals surface area (Å²) in [4.78, 5) is 0. The molecule has 0 saturated heterocycles. The molecule has 0 aromatic heterocycles. The van der Waals surface area contributed by atoms with Crippen molar-refractivity contribution in [2.24, 2.45) is 0 Å². The largest absolute Gasteiger partial charge is 0.264 e. The summed E-state index contributed by atoms with van der Waals surface area (Å²) in [6.45, 7) is 3.48. The van der Waals surface area contributed by atoms with Crippen molar-refractivity contribution in [3.8, 4) is 0 Å². The lowest BCUT2D eigenvalue weighted by Crippen LogP contribution is -2.04. The zero-order valence-corrected chi connectivity index (χ0v) is 9.18. The smallest absolute Gasteiger partial charge is 0.205 e. The van der Waals surface area contributed by atoms with Crippen LogP contribution in [0.25, 0.3) is 0 Å². The van der Waals surface area contributed by atoms with Gasteiger partial charge in [0.25, 0.3) is 12.9 Å². The highest BCUT2D eigenvalue weighted by Crippen LogP contribution is 2.36. The summed E-state index contributed by atoms with van der Waals surface area (Å²) in [5.41, 5.74) is -0.436. The van der Waals surface area contributed by atoms with Crippen molar-refractivity contribution in [1.29, 1.82) is 0 Å². The molecule has 0 amide bonds. The van der Waals surface area contributed by atoms with Crippen LogP contribution >= 0.6 is 0 Å². The Bertz CT molecular complexity index is 321. The first-order valence-corrected chi connectivity index (χ1v) is 5.18. The summed E-state index contributed by atoms with van der Waals surface area (Å²) in [5, 5.41) is 0. The van der Waals surface area contributed by atoms with Gasteiger partial charge >= 0.3 is 0 Å². The fraction of sp³-hybridized carbons (Fsp3) is 0.500. The lowest BCUT2D eigenvalue weighted by molar-refractivity contribution is 0.141. The SMILES string of the molecule is CCC(C)c1c(C(F)F)cccc1C(F)F. The zero-order chi connectivity index (χ0) is 12.3. The van der Waals surface area contributed by atoms with E-state index in [0.717, 1.165) is 0 Å². The molecule has 0 bridgehead atoms. The van der Waals surface area contributed by atoms with Gasteiger partial charge in [0.2, 0.25) is 0 Å². The van der Waals surface area contributed by atoms with E-state index in [1.165, 1.54) is 18.2 Å². The molecule has 4 heteroatoms. The minimum absolute atomic E-state index is 0.106. The van der Waals surface area contributed by atoms with Crippen molar-refractivity contribution < 1.29 is 17.6 Å². The van der Waals surface area contributed by atoms with Crippen LogP contribution in [0.3, 0.4) is 0 Å². The summed E-state index contributed by atoms with van der Waals surface area (Å²) >= 11 is 0. The molecule has 1 aromatic carbocycles. The van der Waals surface area contributed by atoms with E-state index in [1.807, 2.05) is 0 Å². The monoisotopic (exact) mass is 234 g/mol. The molecule has 0 fully saturated rings. The van der Waals surface area contributed by atoms with Gasteiger partial charge in [-0.2, -0.15) is 0 Å². The highest BCUT2D eigenvalue weighted by atomic mass is 19.3. The zero-order valence-electron chi connectivity index (χ0n) is 9.18. The second-order valence-electron chi connectivity index (χ2n) is 3.76. The molecular formula is C12H14F4. The number of hydrogen-bond acceptors (Lipinski definition) is 0. The number of halogens is 4. The fourth-order valence-electron chi connectivity index (χ4n) is 1.76. The van der Waals surface area contributed by atoms with Crippen molar-refractivity contribution in [3.63, 3.8) is 0 Å². The molecule has 1 atom stereocenters. The first-order chi connectivity index (χ1) is 7.49. The molecule has 1 aromatic rings. The maximum absolute atomic E-state index is 12.7. The standard InChI is InChI=1S/C12H14F4/c1-3-7(2)10-8(11(13)14)5-4-6-9(10)12(15)16/h4-7,11-12H,3H2,1-2H3. The Hall–Kier alpha value is -1.06. The average Bonchev–Trinajstić information content (AvgIpc) is 2.26. The normalized spacial score (nSPS) is 13.5. The van der Waals surface area contributed by atoms with Gasteiger partial charge in [-0.1, -0.05) is 32.0 Å². The third-order valence-electron chi connectivity index (χ3n) is 2.75. The Kier molecular flexibility index (Phi) is 4.33. The molecule has 1 unspecified atom stereocenters. The molecule has 0 nitrogen and oxygen atoms in total. The minimum Gasteiger partial charge on any atom is -0.205 e. The van der Waals surface area contributed by atoms with Crippen LogP contribution in [0.2, 0.25) is 0 Å². The fourth-order valence-corrected chi connectivity index (χ4v) is 1.76. The van der Waals surface area contributed by atoms with E-state index in [4.69, 9.17) is 0 Å². The quantitative estimate of drug-likeness (QED) is 0.637. The molecule has 0 aliphatic rings. The predicted octanol–water partition coefficient (Wildman–Crippen LogP) is 5.08. The van der Waals surface area contributed by atoms with Gasteiger partial charge < -0.3 is 0 Å². The summed E-state index contributed by atoms with van der Waals surface area (Å²) in [7, 11) is 0. The summed E-state index contributed by atoms with van der Waals surface area (Å²) < 4.78 is 50.9. The highest BCUT2D eigenvalue weighted by molar-refractivity contribution is 5.39. The number of benzene rings is 1. The Morgan fingerprint density at radius 1 is 1.00 bits per heavy atom. The minimum atomic E-state index is -2.71. The van der Waals surface area contributed by atoms with E-state index in [-0.39, 0.29) is 22.6 Å². The summed E-state index contributed by atoms with van der Waals surface area (Å²) in [5.74, 6) is -0.283. The van der Waals surface area contributed by atoms with E-state index >= 15 is 0 Å². The van der Waals surface area contributed by atoms with Crippen LogP contribution in [0.5, 0.6) is 0 Å². The summed E-state index contributed by atoms with van der Waals surface area (Å²) in [6.07, 6.45) is -4.85. The van der Waals surface area contributed by atoms with E-state index in [1.54, 1.807) is 13.8 Å². The van der Waals surface area contributed by atoms with Gasteiger partial charge in [0, 0.05) is 11.1 Å². The van der Waals surface area contributed by atoms with E-state index in [2.05, 4.69) is 0 Å². The molecular weight excluding hydrogens is 220 g/mol. The van der Waals surface area contributed by atoms with Gasteiger partial charge in [0.05, 0.1) is 0 Å². The third kappa shape index (κ3) is 2.54. The van der Waals surface area contributed by atoms with Crippen molar-refractivity contribution in [3.05, 3.63) is 34.9 Å². The molecule has 0 spiro atoms. The molecule has 90 valence electrons. The molecule has 0 saturated carbocycles. The molecule has 16 heavy (non-hydrogen) atoms. The van der Waals surface area contributed by atoms with Crippen LogP contribution < -0.4 is 0 Å². The number of rotatable bonds is 4. The first-order valence-electron chi connectivity index (χ1n) is 5.18. The Balaban J connectivity index is 3.34. The van der Waals surface area contributed by atoms with E-state index < -0.39 is 12.9 Å². The number of hydrogen-bond donors (Lipinski definition) is 0. The lowest BCUT2D eigenvalue weighted by Gasteiger charge is -2.18. The van der Waals surface area contributed by atoms with Gasteiger partial charge in [-0.15, -0.1) is 0 Å². The van der Waals surface area contributed by atoms with Crippen molar-refractivity contribution in [2.75, 3.05) is 0 Å². The number of alkyl halides is 4. The molecule has 0 aliphatic heterocycles. The summed E-state index contributed by atoms with van der Waals surface area (Å²) in [6, 6.07) is 3.70. The highest BCUT2D eigenvalue weighted by Gasteiger charge is 2.23. The Morgan fingerprint density at radius 3 is 1.75 bits per heavy atom. The van der Waals surface area contributed by atoms with Crippen LogP contribution in [0, 0.1) is 0 Å². The van der Waals surface area contributed by atoms with E-state index in [9.17, 15) is 17.6 Å². The maximum Gasteiger partial charge on any atom is 0.264 e. The Labute approximate surface area is 92.3 Å². The topological polar surface area (TPSA) is 0 Å². The van der Waals surface area contributed by atoms with Crippen molar-refractivity contribution >= 4 is 0 Å². The van der Waals surface area contributed by atoms with Crippen molar-refractivity contribution in [1.82, 2.24) is 0 Å². The second kappa shape index (κ2) is 5.32. The third-order valence-corrected chi connectivity index (χ3v) is 2.75. The maximum atomic E-state index is 12.7. The molecule has 0 aliphatic carbocycles. The lowest BCUT2D eigenvalue weighted by atomic mass is 9.89. The van der Waals surface area contributed by atoms with Gasteiger partial charge in [-0.25, -0.2) is 17.6 Å². The van der Waals surface area contributed by atoms with Crippen LogP contribution in [-0.2, 0) is 0 Å². The first kappa shape index (κ1) is 13.0. The molecule has 0 N–H and O–H groups in total. The second-order valence-corrected chi connectivity index (χ2v) is 3.76. The molecule has 1 rings (SSSR count). The average molecular weight is 234 g/mol. The van der Waals surface area contributed by atoms with Gasteiger partial charge in [-0.05, 0) is 17.9 Å².